The molecule has 9 rings (SSSR count). The highest BCUT2D eigenvalue weighted by molar-refractivity contribution is 4.72. The summed E-state index contributed by atoms with van der Waals surface area (Å²) in [6.45, 7) is 43.4. The molecule has 0 saturated carbocycles. The van der Waals surface area contributed by atoms with E-state index in [4.69, 9.17) is 0 Å². The van der Waals surface area contributed by atoms with Crippen LogP contribution in [0.5, 0.6) is 0 Å². The van der Waals surface area contributed by atoms with Gasteiger partial charge in [-0.2, -0.15) is 0 Å². The van der Waals surface area contributed by atoms with Crippen molar-refractivity contribution in [2.45, 2.75) is 210 Å². The minimum Gasteiger partial charge on any atom is -0.317 e. The third-order valence-corrected chi connectivity index (χ3v) is 16.9. The molecule has 0 aromatic heterocycles. The number of nitrogens with zero attached hydrogens (tertiary/aromatic N) is 2. The Morgan fingerprint density at radius 1 is 0.286 bits per heavy atom. The molecular weight excluding hydrogens is 859 g/mol. The molecule has 0 aromatic rings. The average Bonchev–Trinajstić information content (AvgIpc) is 3.96. The van der Waals surface area contributed by atoms with E-state index in [2.05, 4.69) is 123 Å². The van der Waals surface area contributed by atoms with Gasteiger partial charge in [0.15, 0.2) is 0 Å². The van der Waals surface area contributed by atoms with Crippen LogP contribution in [0.3, 0.4) is 0 Å². The Kier molecular flexibility index (Phi) is 46.7. The van der Waals surface area contributed by atoms with Crippen LogP contribution >= 0.6 is 0 Å². The molecule has 420 valence electrons. The molecule has 9 fully saturated rings. The lowest BCUT2D eigenvalue weighted by Gasteiger charge is -2.28. The summed E-state index contributed by atoms with van der Waals surface area (Å²) in [4.78, 5) is 4.85. The third-order valence-electron chi connectivity index (χ3n) is 16.9. The van der Waals surface area contributed by atoms with Crippen molar-refractivity contribution in [1.82, 2.24) is 47.0 Å². The van der Waals surface area contributed by atoms with Crippen LogP contribution in [0.25, 0.3) is 0 Å². The summed E-state index contributed by atoms with van der Waals surface area (Å²) in [5, 5.41) is 23.5. The second-order valence-corrected chi connectivity index (χ2v) is 24.0. The molecule has 9 aliphatic heterocycles. The highest BCUT2D eigenvalue weighted by Crippen LogP contribution is 2.19. The van der Waals surface area contributed by atoms with Gasteiger partial charge < -0.3 is 47.0 Å². The zero-order valence-electron chi connectivity index (χ0n) is 49.6. The first kappa shape index (κ1) is 67.7. The van der Waals surface area contributed by atoms with E-state index in [9.17, 15) is 0 Å². The summed E-state index contributed by atoms with van der Waals surface area (Å²) in [5.41, 5.74) is 0. The molecule has 0 aromatic carbocycles. The van der Waals surface area contributed by atoms with E-state index in [0.29, 0.717) is 0 Å². The highest BCUT2D eigenvalue weighted by atomic mass is 15.1. The number of nitrogens with one attached hydrogen (secondary N) is 7. The fraction of sp³-hybridized carbons (Fsp3) is 1.00. The van der Waals surface area contributed by atoms with Crippen molar-refractivity contribution >= 4 is 0 Å². The van der Waals surface area contributed by atoms with Gasteiger partial charge in [0.2, 0.25) is 0 Å². The van der Waals surface area contributed by atoms with Gasteiger partial charge in [-0.1, -0.05) is 101 Å². The standard InChI is InChI=1S/C8H17N.5C7H15N.3C6H13N/c1-3-8-5-4-6-9(2)7-8;1-7-3-2-5-8-6-4-7;1-7-4-2-3-5-8-6-7;1-3-7-4-5-8(2)6-7;1-2-7-3-5-8-6-4-7;1-2-7-4-3-5-8-6-7;1-6-2-4-7-5-3-6;1-6-3-2-4-7-5-6;1-2-6-3-4-7-5-6/h8H,3-7H2,1-2H3;2*7-8H,2-6H2,1H3;7H,3-6H2,1-2H3;2*7-8H,2-6H2,1H3;3*6-7H,2-5H2,1H3/t;2*7-;;;;;6-;/m.00....0./s1. The molecule has 0 spiro atoms. The van der Waals surface area contributed by atoms with E-state index < -0.39 is 0 Å². The minimum atomic E-state index is 0.914. The van der Waals surface area contributed by atoms with Gasteiger partial charge in [-0.25, -0.2) is 0 Å². The molecule has 7 N–H and O–H groups in total. The van der Waals surface area contributed by atoms with Crippen molar-refractivity contribution in [1.29, 1.82) is 0 Å². The second-order valence-electron chi connectivity index (χ2n) is 24.0. The maximum Gasteiger partial charge on any atom is 0.000698 e. The van der Waals surface area contributed by atoms with Crippen LogP contribution in [0.4, 0.5) is 0 Å². The van der Waals surface area contributed by atoms with Crippen LogP contribution in [0.15, 0.2) is 0 Å². The van der Waals surface area contributed by atoms with Gasteiger partial charge in [-0.05, 0) is 281 Å². The fourth-order valence-electron chi connectivity index (χ4n) is 11.0. The first-order chi connectivity index (χ1) is 34.0. The van der Waals surface area contributed by atoms with Crippen LogP contribution in [0, 0.1) is 53.3 Å². The lowest BCUT2D eigenvalue weighted by Crippen LogP contribution is -2.31. The van der Waals surface area contributed by atoms with Gasteiger partial charge in [-0.3, -0.25) is 0 Å². The van der Waals surface area contributed by atoms with Crippen molar-refractivity contribution in [3.63, 3.8) is 0 Å². The van der Waals surface area contributed by atoms with Crippen molar-refractivity contribution in [3.05, 3.63) is 0 Å². The zero-order valence-corrected chi connectivity index (χ0v) is 49.6. The molecule has 4 unspecified atom stereocenters. The van der Waals surface area contributed by atoms with E-state index in [1.165, 1.54) is 265 Å². The van der Waals surface area contributed by atoms with E-state index in [1.807, 2.05) is 0 Å². The Balaban J connectivity index is 0.000000394. The number of likely N-dealkylation sites (tertiary alicyclic amines) is 2. The van der Waals surface area contributed by atoms with Crippen molar-refractivity contribution in [3.8, 4) is 0 Å². The summed E-state index contributed by atoms with van der Waals surface area (Å²) in [6.07, 6.45) is 32.1. The van der Waals surface area contributed by atoms with Gasteiger partial charge >= 0.3 is 0 Å². The maximum atomic E-state index is 3.40. The summed E-state index contributed by atoms with van der Waals surface area (Å²) in [7, 11) is 4.43. The predicted molar refractivity (Wildman–Crippen MR) is 314 cm³/mol. The van der Waals surface area contributed by atoms with Crippen molar-refractivity contribution < 1.29 is 0 Å². The topological polar surface area (TPSA) is 90.7 Å². The van der Waals surface area contributed by atoms with Crippen LogP contribution in [0.2, 0.25) is 0 Å². The molecule has 9 nitrogen and oxygen atoms in total. The Morgan fingerprint density at radius 3 is 1.04 bits per heavy atom. The molecule has 70 heavy (non-hydrogen) atoms. The predicted octanol–water partition coefficient (Wildman–Crippen LogP) is 11.7. The van der Waals surface area contributed by atoms with Gasteiger partial charge in [0, 0.05) is 13.1 Å². The Morgan fingerprint density at radius 2 is 0.643 bits per heavy atom. The number of hydrogen-bond donors (Lipinski definition) is 7. The fourth-order valence-corrected chi connectivity index (χ4v) is 11.0. The molecule has 0 aliphatic carbocycles. The Hall–Kier alpha value is -0.360. The number of hydrogen-bond acceptors (Lipinski definition) is 9. The second kappa shape index (κ2) is 48.3. The first-order valence-electron chi connectivity index (χ1n) is 31.3. The molecule has 0 amide bonds. The van der Waals surface area contributed by atoms with E-state index >= 15 is 0 Å². The largest absolute Gasteiger partial charge is 0.317 e. The third kappa shape index (κ3) is 41.0. The van der Waals surface area contributed by atoms with Gasteiger partial charge in [-0.15, -0.1) is 0 Å². The Labute approximate surface area is 440 Å². The highest BCUT2D eigenvalue weighted by Gasteiger charge is 2.17. The minimum absolute atomic E-state index is 0.914. The SMILES string of the molecule is CC1CCNCC1.CCC1CCCN(C)C1.CCC1CCCNC1.CCC1CCN(C)C1.CCC1CCNC1.CCC1CCNCC1.C[C@H]1CCCCNC1.C[C@H]1CCCNC1.C[C@H]1CCCNCC1. The van der Waals surface area contributed by atoms with Crippen LogP contribution in [-0.4, -0.2) is 142 Å². The molecule has 9 aliphatic rings. The molecule has 9 heteroatoms. The average molecular weight is 991 g/mol. The van der Waals surface area contributed by atoms with E-state index in [-0.39, 0.29) is 0 Å². The molecule has 9 saturated heterocycles. The number of piperidine rings is 5. The van der Waals surface area contributed by atoms with Gasteiger partial charge in [0.05, 0.1) is 0 Å². The normalized spacial score (nSPS) is 30.0. The van der Waals surface area contributed by atoms with Crippen molar-refractivity contribution in [2.24, 2.45) is 53.3 Å². The lowest BCUT2D eigenvalue weighted by molar-refractivity contribution is 0.206. The molecule has 0 bridgehead atoms. The molecule has 7 atom stereocenters. The number of rotatable bonds is 5. The van der Waals surface area contributed by atoms with Crippen molar-refractivity contribution in [2.75, 3.05) is 132 Å². The first-order valence-corrected chi connectivity index (χ1v) is 31.3. The smallest absolute Gasteiger partial charge is 0.000698 e. The summed E-state index contributed by atoms with van der Waals surface area (Å²) < 4.78 is 0. The summed E-state index contributed by atoms with van der Waals surface area (Å²) in [6, 6.07) is 0. The zero-order chi connectivity index (χ0) is 51.3. The Bertz CT molecular complexity index is 961. The van der Waals surface area contributed by atoms with Gasteiger partial charge in [0.1, 0.15) is 0 Å². The van der Waals surface area contributed by atoms with Crippen LogP contribution in [0.1, 0.15) is 210 Å². The summed E-state index contributed by atoms with van der Waals surface area (Å²) in [5.74, 6) is 8.75. The van der Waals surface area contributed by atoms with Crippen LogP contribution in [-0.2, 0) is 0 Å². The summed E-state index contributed by atoms with van der Waals surface area (Å²) >= 11 is 0. The molecule has 0 radical (unpaired) electrons. The quantitative estimate of drug-likeness (QED) is 0.146. The monoisotopic (exact) mass is 990 g/mol. The van der Waals surface area contributed by atoms with Gasteiger partial charge in [0.25, 0.3) is 0 Å². The molecule has 9 heterocycles. The lowest BCUT2D eigenvalue weighted by atomic mass is 9.96. The van der Waals surface area contributed by atoms with E-state index in [1.54, 1.807) is 0 Å². The van der Waals surface area contributed by atoms with E-state index in [0.717, 1.165) is 53.3 Å². The molecular formula is C61H131N9. The maximum absolute atomic E-state index is 3.40. The van der Waals surface area contributed by atoms with Crippen LogP contribution < -0.4 is 37.2 Å².